The number of benzene rings is 2. The maximum Gasteiger partial charge on any atom is 0.352 e. The number of carbonyl (C=O) groups excluding carboxylic acids is 1. The molecule has 0 aliphatic rings. The van der Waals surface area contributed by atoms with Crippen LogP contribution < -0.4 is 16.6 Å². The minimum atomic E-state index is -0.732. The molecule has 3 rings (SSSR count). The number of hydrogen-bond acceptors (Lipinski definition) is 5. The lowest BCUT2D eigenvalue weighted by atomic mass is 10.1. The van der Waals surface area contributed by atoms with Gasteiger partial charge in [-0.1, -0.05) is 41.4 Å². The van der Waals surface area contributed by atoms with Crippen molar-refractivity contribution in [2.75, 3.05) is 13.2 Å². The van der Waals surface area contributed by atoms with Gasteiger partial charge in [0.1, 0.15) is 6.20 Å². The third kappa shape index (κ3) is 4.79. The van der Waals surface area contributed by atoms with Gasteiger partial charge < -0.3 is 10.4 Å². The van der Waals surface area contributed by atoms with Crippen molar-refractivity contribution in [1.29, 1.82) is 0 Å². The molecule has 0 radical (unpaired) electrons. The van der Waals surface area contributed by atoms with Crippen LogP contribution in [0.4, 0.5) is 0 Å². The fourth-order valence-corrected chi connectivity index (χ4v) is 3.28. The predicted molar refractivity (Wildman–Crippen MR) is 114 cm³/mol. The van der Waals surface area contributed by atoms with E-state index >= 15 is 0 Å². The molecule has 30 heavy (non-hydrogen) atoms. The number of carbonyl (C=O) groups is 1. The first-order valence-corrected chi connectivity index (χ1v) is 9.79. The second kappa shape index (κ2) is 9.71. The Hall–Kier alpha value is -2.94. The molecule has 0 aliphatic carbocycles. The Kier molecular flexibility index (Phi) is 7.04. The molecule has 2 aromatic carbocycles. The van der Waals surface area contributed by atoms with Gasteiger partial charge in [0.15, 0.2) is 0 Å². The van der Waals surface area contributed by atoms with E-state index in [1.54, 1.807) is 6.07 Å². The summed E-state index contributed by atoms with van der Waals surface area (Å²) in [6.45, 7) is -0.204. The molecule has 10 heteroatoms. The highest BCUT2D eigenvalue weighted by molar-refractivity contribution is 6.34. The number of rotatable bonds is 7. The van der Waals surface area contributed by atoms with Crippen LogP contribution in [0.1, 0.15) is 15.9 Å². The van der Waals surface area contributed by atoms with Gasteiger partial charge in [-0.2, -0.15) is 9.78 Å². The van der Waals surface area contributed by atoms with E-state index in [2.05, 4.69) is 10.4 Å². The highest BCUT2D eigenvalue weighted by Gasteiger charge is 2.14. The van der Waals surface area contributed by atoms with Crippen molar-refractivity contribution >= 4 is 29.1 Å². The molecule has 0 saturated carbocycles. The monoisotopic (exact) mass is 448 g/mol. The van der Waals surface area contributed by atoms with Crippen LogP contribution in [0, 0.1) is 0 Å². The van der Waals surface area contributed by atoms with Gasteiger partial charge in [-0.05, 0) is 36.2 Å². The molecule has 8 nitrogen and oxygen atoms in total. The van der Waals surface area contributed by atoms with Crippen molar-refractivity contribution in [2.45, 2.75) is 13.0 Å². The number of hydrogen-bond donors (Lipinski definition) is 2. The molecule has 3 aromatic rings. The smallest absolute Gasteiger partial charge is 0.352 e. The summed E-state index contributed by atoms with van der Waals surface area (Å²) in [5.74, 6) is -0.425. The quantitative estimate of drug-likeness (QED) is 0.571. The van der Waals surface area contributed by atoms with E-state index in [0.717, 1.165) is 21.0 Å². The molecule has 1 aromatic heterocycles. The molecular weight excluding hydrogens is 431 g/mol. The Morgan fingerprint density at radius 2 is 1.87 bits per heavy atom. The van der Waals surface area contributed by atoms with Crippen molar-refractivity contribution < 1.29 is 9.90 Å². The van der Waals surface area contributed by atoms with E-state index < -0.39 is 17.2 Å². The summed E-state index contributed by atoms with van der Waals surface area (Å²) < 4.78 is 1.82. The standard InChI is InChI=1S/C20H18Cl2N4O4/c21-16-4-2-1-3-13(16)7-8-23-19(29)15-11-14(5-6-17(15)22)26-20(30)25(9-10-27)18(28)12-24-26/h1-6,11-12,27H,7-10H2,(H,23,29). The highest BCUT2D eigenvalue weighted by Crippen LogP contribution is 2.19. The van der Waals surface area contributed by atoms with Crippen molar-refractivity contribution in [2.24, 2.45) is 0 Å². The Labute approximate surface area is 181 Å². The third-order valence-electron chi connectivity index (χ3n) is 4.36. The Morgan fingerprint density at radius 3 is 2.60 bits per heavy atom. The summed E-state index contributed by atoms with van der Waals surface area (Å²) in [6.07, 6.45) is 1.50. The summed E-state index contributed by atoms with van der Waals surface area (Å²) in [7, 11) is 0. The molecule has 0 atom stereocenters. The summed E-state index contributed by atoms with van der Waals surface area (Å²) in [5.41, 5.74) is -0.0452. The van der Waals surface area contributed by atoms with Crippen LogP contribution in [0.3, 0.4) is 0 Å². The fraction of sp³-hybridized carbons (Fsp3) is 0.200. The zero-order valence-corrected chi connectivity index (χ0v) is 17.2. The zero-order chi connectivity index (χ0) is 21.7. The molecule has 0 saturated heterocycles. The van der Waals surface area contributed by atoms with E-state index in [1.807, 2.05) is 18.2 Å². The Bertz CT molecular complexity index is 1190. The van der Waals surface area contributed by atoms with E-state index in [9.17, 15) is 14.4 Å². The lowest BCUT2D eigenvalue weighted by Crippen LogP contribution is -2.41. The molecule has 0 unspecified atom stereocenters. The predicted octanol–water partition coefficient (Wildman–Crippen LogP) is 1.67. The molecular formula is C20H18Cl2N4O4. The topological polar surface area (TPSA) is 106 Å². The molecule has 1 heterocycles. The number of aliphatic hydroxyl groups excluding tert-OH is 1. The van der Waals surface area contributed by atoms with E-state index in [0.29, 0.717) is 18.0 Å². The van der Waals surface area contributed by atoms with Crippen LogP contribution in [0.5, 0.6) is 0 Å². The van der Waals surface area contributed by atoms with Crippen LogP contribution in [0.25, 0.3) is 5.69 Å². The number of aliphatic hydroxyl groups is 1. The van der Waals surface area contributed by atoms with Gasteiger partial charge >= 0.3 is 5.69 Å². The van der Waals surface area contributed by atoms with Gasteiger partial charge in [-0.3, -0.25) is 14.2 Å². The summed E-state index contributed by atoms with van der Waals surface area (Å²) in [4.78, 5) is 36.9. The van der Waals surface area contributed by atoms with Gasteiger partial charge in [0, 0.05) is 11.6 Å². The molecule has 0 fully saturated rings. The molecule has 1 amide bonds. The van der Waals surface area contributed by atoms with Gasteiger partial charge in [0.2, 0.25) is 0 Å². The largest absolute Gasteiger partial charge is 0.395 e. The first kappa shape index (κ1) is 21.8. The maximum absolute atomic E-state index is 12.6. The number of aromatic nitrogens is 3. The molecule has 0 bridgehead atoms. The molecule has 2 N–H and O–H groups in total. The lowest BCUT2D eigenvalue weighted by molar-refractivity contribution is 0.0954. The van der Waals surface area contributed by atoms with Crippen LogP contribution in [0.2, 0.25) is 10.0 Å². The van der Waals surface area contributed by atoms with Crippen LogP contribution in [0.15, 0.2) is 58.3 Å². The summed E-state index contributed by atoms with van der Waals surface area (Å²) in [6, 6.07) is 11.7. The van der Waals surface area contributed by atoms with Crippen molar-refractivity contribution in [3.8, 4) is 5.69 Å². The van der Waals surface area contributed by atoms with Crippen molar-refractivity contribution in [1.82, 2.24) is 19.7 Å². The van der Waals surface area contributed by atoms with E-state index in [1.165, 1.54) is 18.2 Å². The number of amides is 1. The first-order valence-electron chi connectivity index (χ1n) is 9.04. The first-order chi connectivity index (χ1) is 14.4. The third-order valence-corrected chi connectivity index (χ3v) is 5.06. The minimum absolute atomic E-state index is 0.155. The van der Waals surface area contributed by atoms with Crippen LogP contribution >= 0.6 is 23.2 Å². The molecule has 0 aliphatic heterocycles. The van der Waals surface area contributed by atoms with Crippen LogP contribution in [-0.2, 0) is 13.0 Å². The average Bonchev–Trinajstić information content (AvgIpc) is 2.73. The SMILES string of the molecule is O=C(NCCc1ccccc1Cl)c1cc(-n2ncc(=O)n(CCO)c2=O)ccc1Cl. The number of nitrogens with one attached hydrogen (secondary N) is 1. The summed E-state index contributed by atoms with van der Waals surface area (Å²) >= 11 is 12.3. The number of halogens is 2. The zero-order valence-electron chi connectivity index (χ0n) is 15.7. The fourth-order valence-electron chi connectivity index (χ4n) is 2.84. The van der Waals surface area contributed by atoms with E-state index in [-0.39, 0.29) is 29.4 Å². The Balaban J connectivity index is 1.83. The Morgan fingerprint density at radius 1 is 1.10 bits per heavy atom. The average molecular weight is 449 g/mol. The van der Waals surface area contributed by atoms with Gasteiger partial charge in [0.05, 0.1) is 29.4 Å². The second-order valence-electron chi connectivity index (χ2n) is 6.31. The molecule has 0 spiro atoms. The minimum Gasteiger partial charge on any atom is -0.395 e. The lowest BCUT2D eigenvalue weighted by Gasteiger charge is -2.11. The molecule has 156 valence electrons. The van der Waals surface area contributed by atoms with Gasteiger partial charge in [-0.15, -0.1) is 0 Å². The maximum atomic E-state index is 12.6. The summed E-state index contributed by atoms with van der Waals surface area (Å²) in [5, 5.41) is 16.5. The highest BCUT2D eigenvalue weighted by atomic mass is 35.5. The normalized spacial score (nSPS) is 10.8. The van der Waals surface area contributed by atoms with Crippen LogP contribution in [-0.4, -0.2) is 38.5 Å². The number of nitrogens with zero attached hydrogens (tertiary/aromatic N) is 3. The van der Waals surface area contributed by atoms with Crippen molar-refractivity contribution in [3.63, 3.8) is 0 Å². The van der Waals surface area contributed by atoms with Crippen molar-refractivity contribution in [3.05, 3.63) is 90.7 Å². The van der Waals surface area contributed by atoms with Gasteiger partial charge in [0.25, 0.3) is 11.5 Å². The van der Waals surface area contributed by atoms with Gasteiger partial charge in [-0.25, -0.2) is 4.79 Å². The second-order valence-corrected chi connectivity index (χ2v) is 7.13. The van der Waals surface area contributed by atoms with E-state index in [4.69, 9.17) is 28.3 Å².